The summed E-state index contributed by atoms with van der Waals surface area (Å²) in [6.07, 6.45) is 1.44. The van der Waals surface area contributed by atoms with Crippen molar-refractivity contribution in [1.82, 2.24) is 15.4 Å². The molecule has 134 valence electrons. The van der Waals surface area contributed by atoms with Crippen molar-refractivity contribution in [2.24, 2.45) is 5.10 Å². The number of nitrogens with zero attached hydrogens (tertiary/aromatic N) is 2. The number of imidazole rings is 1. The van der Waals surface area contributed by atoms with Gasteiger partial charge in [0.15, 0.2) is 16.7 Å². The number of phenolic OH excluding ortho intramolecular Hbond substituents is 1. The summed E-state index contributed by atoms with van der Waals surface area (Å²) in [5.41, 5.74) is 4.84. The van der Waals surface area contributed by atoms with E-state index in [0.29, 0.717) is 20.9 Å². The van der Waals surface area contributed by atoms with E-state index < -0.39 is 0 Å². The maximum atomic E-state index is 11.9. The first kappa shape index (κ1) is 18.3. The quantitative estimate of drug-likeness (QED) is 0.314. The highest BCUT2D eigenvalue weighted by Crippen LogP contribution is 2.34. The molecule has 7 nitrogen and oxygen atoms in total. The fraction of sp³-hybridized carbons (Fsp3) is 0.118. The van der Waals surface area contributed by atoms with E-state index in [9.17, 15) is 9.90 Å². The summed E-state index contributed by atoms with van der Waals surface area (Å²) in [5.74, 6) is 0.237. The fourth-order valence-corrected chi connectivity index (χ4v) is 3.53. The smallest absolute Gasteiger partial charge is 0.250 e. The summed E-state index contributed by atoms with van der Waals surface area (Å²) in [7, 11) is 1.47. The number of nitrogens with one attached hydrogen (secondary N) is 2. The minimum atomic E-state index is -0.261. The molecule has 1 aromatic heterocycles. The van der Waals surface area contributed by atoms with Crippen LogP contribution in [0.5, 0.6) is 11.5 Å². The number of H-pyrrole nitrogens is 1. The Kier molecular flexibility index (Phi) is 5.79. The molecule has 0 bridgehead atoms. The molecule has 0 aliphatic carbocycles. The van der Waals surface area contributed by atoms with Crippen LogP contribution in [0.3, 0.4) is 0 Å². The molecule has 3 aromatic rings. The maximum absolute atomic E-state index is 11.9. The van der Waals surface area contributed by atoms with Gasteiger partial charge in [0.25, 0.3) is 5.91 Å². The second-order valence-corrected chi connectivity index (χ2v) is 7.01. The van der Waals surface area contributed by atoms with Crippen molar-refractivity contribution in [1.29, 1.82) is 0 Å². The molecule has 3 rings (SSSR count). The Morgan fingerprint density at radius 2 is 2.27 bits per heavy atom. The van der Waals surface area contributed by atoms with Gasteiger partial charge < -0.3 is 14.8 Å². The number of methoxy groups -OCH3 is 1. The highest BCUT2D eigenvalue weighted by molar-refractivity contribution is 9.10. The largest absolute Gasteiger partial charge is 0.504 e. The normalized spacial score (nSPS) is 11.2. The molecule has 0 radical (unpaired) electrons. The SMILES string of the molecule is COc1c(O)cc(/C=N\NC(=O)CSc2nc3ccccc3[nH]2)cc1Br. The van der Waals surface area contributed by atoms with Crippen molar-refractivity contribution < 1.29 is 14.6 Å². The number of halogens is 1. The molecule has 0 atom stereocenters. The lowest BCUT2D eigenvalue weighted by molar-refractivity contribution is -0.118. The van der Waals surface area contributed by atoms with Gasteiger partial charge in [-0.1, -0.05) is 23.9 Å². The Labute approximate surface area is 162 Å². The molecular weight excluding hydrogens is 420 g/mol. The predicted molar refractivity (Wildman–Crippen MR) is 105 cm³/mol. The molecule has 0 saturated heterocycles. The number of carbonyl (C=O) groups excluding carboxylic acids is 1. The first-order chi connectivity index (χ1) is 12.6. The summed E-state index contributed by atoms with van der Waals surface area (Å²) in [5, 5.41) is 14.4. The number of ether oxygens (including phenoxy) is 1. The van der Waals surface area contributed by atoms with Crippen LogP contribution in [0.1, 0.15) is 5.56 Å². The maximum Gasteiger partial charge on any atom is 0.250 e. The molecule has 0 spiro atoms. The minimum absolute atomic E-state index is 0.0184. The third-order valence-corrected chi connectivity index (χ3v) is 4.82. The van der Waals surface area contributed by atoms with Crippen molar-refractivity contribution in [3.63, 3.8) is 0 Å². The van der Waals surface area contributed by atoms with Crippen LogP contribution < -0.4 is 10.2 Å². The van der Waals surface area contributed by atoms with E-state index in [1.54, 1.807) is 6.07 Å². The van der Waals surface area contributed by atoms with Crippen molar-refractivity contribution in [3.8, 4) is 11.5 Å². The monoisotopic (exact) mass is 434 g/mol. The van der Waals surface area contributed by atoms with Crippen LogP contribution in [0.4, 0.5) is 0 Å². The Balaban J connectivity index is 1.54. The third kappa shape index (κ3) is 4.36. The number of hydrogen-bond donors (Lipinski definition) is 3. The highest BCUT2D eigenvalue weighted by atomic mass is 79.9. The lowest BCUT2D eigenvalue weighted by atomic mass is 10.2. The summed E-state index contributed by atoms with van der Waals surface area (Å²) in [6.45, 7) is 0. The lowest BCUT2D eigenvalue weighted by Crippen LogP contribution is -2.19. The number of fused-ring (bicyclic) bond motifs is 1. The predicted octanol–water partition coefficient (Wildman–Crippen LogP) is 3.28. The van der Waals surface area contributed by atoms with Gasteiger partial charge in [-0.25, -0.2) is 10.4 Å². The number of aromatic amines is 1. The number of phenols is 1. The summed E-state index contributed by atoms with van der Waals surface area (Å²) in [4.78, 5) is 19.4. The highest BCUT2D eigenvalue weighted by Gasteiger charge is 2.08. The van der Waals surface area contributed by atoms with E-state index in [1.165, 1.54) is 31.2 Å². The summed E-state index contributed by atoms with van der Waals surface area (Å²) < 4.78 is 5.64. The molecule has 2 aromatic carbocycles. The van der Waals surface area contributed by atoms with Crippen LogP contribution in [0.15, 0.2) is 51.1 Å². The van der Waals surface area contributed by atoms with Crippen LogP contribution in [0.25, 0.3) is 11.0 Å². The number of aromatic nitrogens is 2. The van der Waals surface area contributed by atoms with Gasteiger partial charge in [0.2, 0.25) is 0 Å². The van der Waals surface area contributed by atoms with Gasteiger partial charge in [-0.05, 0) is 45.8 Å². The van der Waals surface area contributed by atoms with E-state index in [1.807, 2.05) is 24.3 Å². The lowest BCUT2D eigenvalue weighted by Gasteiger charge is -2.06. The Hall–Kier alpha value is -2.52. The van der Waals surface area contributed by atoms with E-state index >= 15 is 0 Å². The third-order valence-electron chi connectivity index (χ3n) is 3.36. The molecule has 0 aliphatic rings. The van der Waals surface area contributed by atoms with E-state index in [4.69, 9.17) is 4.74 Å². The van der Waals surface area contributed by atoms with Crippen LogP contribution in [-0.4, -0.2) is 40.1 Å². The molecule has 0 fully saturated rings. The number of carbonyl (C=O) groups is 1. The van der Waals surface area contributed by atoms with Gasteiger partial charge in [0, 0.05) is 0 Å². The Bertz CT molecular complexity index is 918. The van der Waals surface area contributed by atoms with Crippen LogP contribution in [0.2, 0.25) is 0 Å². The molecule has 0 unspecified atom stereocenters. The number of thioether (sulfide) groups is 1. The fourth-order valence-electron chi connectivity index (χ4n) is 2.22. The number of hydrazone groups is 1. The van der Waals surface area contributed by atoms with Crippen LogP contribution >= 0.6 is 27.7 Å². The standard InChI is InChI=1S/C17H15BrN4O3S/c1-25-16-11(18)6-10(7-14(16)23)8-19-22-15(24)9-26-17-20-12-4-2-3-5-13(12)21-17/h2-8,23H,9H2,1H3,(H,20,21)(H,22,24)/b19-8-. The van der Waals surface area contributed by atoms with Crippen LogP contribution in [-0.2, 0) is 4.79 Å². The first-order valence-electron chi connectivity index (χ1n) is 7.53. The zero-order valence-electron chi connectivity index (χ0n) is 13.7. The molecule has 26 heavy (non-hydrogen) atoms. The summed E-state index contributed by atoms with van der Waals surface area (Å²) in [6, 6.07) is 10.9. The van der Waals surface area contributed by atoms with Gasteiger partial charge in [-0.2, -0.15) is 5.10 Å². The molecule has 3 N–H and O–H groups in total. The van der Waals surface area contributed by atoms with Crippen molar-refractivity contribution in [2.45, 2.75) is 5.16 Å². The molecule has 1 amide bonds. The number of amides is 1. The number of rotatable bonds is 6. The molecule has 0 saturated carbocycles. The van der Waals surface area contributed by atoms with Crippen molar-refractivity contribution in [3.05, 3.63) is 46.4 Å². The van der Waals surface area contributed by atoms with E-state index in [-0.39, 0.29) is 17.4 Å². The van der Waals surface area contributed by atoms with Gasteiger partial charge >= 0.3 is 0 Å². The minimum Gasteiger partial charge on any atom is -0.504 e. The zero-order chi connectivity index (χ0) is 18.5. The second-order valence-electron chi connectivity index (χ2n) is 5.20. The number of aromatic hydroxyl groups is 1. The molecular formula is C17H15BrN4O3S. The number of hydrogen-bond acceptors (Lipinski definition) is 6. The van der Waals surface area contributed by atoms with Gasteiger partial charge in [-0.3, -0.25) is 4.79 Å². The van der Waals surface area contributed by atoms with E-state index in [2.05, 4.69) is 36.4 Å². The molecule has 0 aliphatic heterocycles. The topological polar surface area (TPSA) is 99.6 Å². The molecule has 1 heterocycles. The average Bonchev–Trinajstić information content (AvgIpc) is 3.03. The van der Waals surface area contributed by atoms with E-state index in [0.717, 1.165) is 11.0 Å². The molecule has 9 heteroatoms. The zero-order valence-corrected chi connectivity index (χ0v) is 16.1. The number of benzene rings is 2. The van der Waals surface area contributed by atoms with Gasteiger partial charge in [0.05, 0.1) is 34.6 Å². The second kappa shape index (κ2) is 8.24. The Morgan fingerprint density at radius 3 is 3.00 bits per heavy atom. The average molecular weight is 435 g/mol. The van der Waals surface area contributed by atoms with Gasteiger partial charge in [0.1, 0.15) is 0 Å². The van der Waals surface area contributed by atoms with Crippen LogP contribution in [0, 0.1) is 0 Å². The Morgan fingerprint density at radius 1 is 1.46 bits per heavy atom. The van der Waals surface area contributed by atoms with Gasteiger partial charge in [-0.15, -0.1) is 0 Å². The summed E-state index contributed by atoms with van der Waals surface area (Å²) >= 11 is 4.59. The van der Waals surface area contributed by atoms with Crippen molar-refractivity contribution in [2.75, 3.05) is 12.9 Å². The first-order valence-corrected chi connectivity index (χ1v) is 9.30. The van der Waals surface area contributed by atoms with Crippen molar-refractivity contribution >= 4 is 50.8 Å². The number of para-hydroxylation sites is 2.